The van der Waals surface area contributed by atoms with Crippen molar-refractivity contribution in [2.45, 2.75) is 26.2 Å². The number of nitrogens with one attached hydrogen (secondary N) is 2. The van der Waals surface area contributed by atoms with Gasteiger partial charge < -0.3 is 10.4 Å². The van der Waals surface area contributed by atoms with Crippen LogP contribution in [0, 0.1) is 5.92 Å². The fraction of sp³-hybridized carbons (Fsp3) is 0.636. The first-order chi connectivity index (χ1) is 7.76. The Morgan fingerprint density at radius 3 is 3.00 bits per heavy atom. The van der Waals surface area contributed by atoms with Crippen LogP contribution in [0.15, 0.2) is 17.1 Å². The third-order valence-electron chi connectivity index (χ3n) is 2.49. The molecule has 0 saturated heterocycles. The minimum Gasteiger partial charge on any atom is -0.396 e. The van der Waals surface area contributed by atoms with Gasteiger partial charge in [0.25, 0.3) is 5.56 Å². The van der Waals surface area contributed by atoms with Gasteiger partial charge in [0, 0.05) is 19.2 Å². The van der Waals surface area contributed by atoms with Crippen molar-refractivity contribution in [2.24, 2.45) is 5.92 Å². The highest BCUT2D eigenvalue weighted by molar-refractivity contribution is 5.38. The predicted octanol–water partition coefficient (Wildman–Crippen LogP) is 0.980. The van der Waals surface area contributed by atoms with E-state index in [-0.39, 0.29) is 12.2 Å². The number of nitrogens with zero attached hydrogens (tertiary/aromatic N) is 1. The van der Waals surface area contributed by atoms with Gasteiger partial charge in [-0.1, -0.05) is 13.3 Å². The standard InChI is InChI=1S/C11H19N3O2/c1-2-3-9(4-5-15)7-12-10-6-11(16)14-13-8-10/h6,8-9,15H,2-5,7H2,1H3,(H2,12,14,16). The van der Waals surface area contributed by atoms with Crippen LogP contribution in [0.1, 0.15) is 26.2 Å². The average molecular weight is 225 g/mol. The van der Waals surface area contributed by atoms with Gasteiger partial charge in [-0.25, -0.2) is 5.10 Å². The Labute approximate surface area is 94.9 Å². The number of hydrogen-bond donors (Lipinski definition) is 3. The van der Waals surface area contributed by atoms with E-state index in [1.165, 1.54) is 6.07 Å². The van der Waals surface area contributed by atoms with Crippen LogP contribution in [0.5, 0.6) is 0 Å². The van der Waals surface area contributed by atoms with Crippen LogP contribution in [-0.4, -0.2) is 28.5 Å². The molecule has 1 unspecified atom stereocenters. The maximum atomic E-state index is 11.0. The average Bonchev–Trinajstić information content (AvgIpc) is 2.27. The van der Waals surface area contributed by atoms with E-state index in [2.05, 4.69) is 22.4 Å². The zero-order chi connectivity index (χ0) is 11.8. The van der Waals surface area contributed by atoms with Gasteiger partial charge in [0.2, 0.25) is 0 Å². The minimum absolute atomic E-state index is 0.208. The van der Waals surface area contributed by atoms with Crippen molar-refractivity contribution in [1.29, 1.82) is 0 Å². The molecule has 0 bridgehead atoms. The van der Waals surface area contributed by atoms with Gasteiger partial charge in [-0.2, -0.15) is 5.10 Å². The molecule has 0 aliphatic heterocycles. The van der Waals surface area contributed by atoms with Crippen molar-refractivity contribution < 1.29 is 5.11 Å². The summed E-state index contributed by atoms with van der Waals surface area (Å²) >= 11 is 0. The Balaban J connectivity index is 2.44. The van der Waals surface area contributed by atoms with Crippen LogP contribution in [0.25, 0.3) is 0 Å². The van der Waals surface area contributed by atoms with Crippen molar-refractivity contribution in [3.8, 4) is 0 Å². The number of aromatic nitrogens is 2. The Morgan fingerprint density at radius 2 is 2.38 bits per heavy atom. The van der Waals surface area contributed by atoms with Crippen LogP contribution < -0.4 is 10.9 Å². The molecule has 3 N–H and O–H groups in total. The number of hydrogen-bond acceptors (Lipinski definition) is 4. The predicted molar refractivity (Wildman–Crippen MR) is 63.4 cm³/mol. The van der Waals surface area contributed by atoms with Crippen molar-refractivity contribution in [3.63, 3.8) is 0 Å². The first-order valence-corrected chi connectivity index (χ1v) is 5.65. The summed E-state index contributed by atoms with van der Waals surface area (Å²) in [6.45, 7) is 3.10. The van der Waals surface area contributed by atoms with Crippen LogP contribution in [-0.2, 0) is 0 Å². The molecule has 0 fully saturated rings. The Bertz CT molecular complexity index is 345. The van der Waals surface area contributed by atoms with E-state index in [4.69, 9.17) is 5.11 Å². The van der Waals surface area contributed by atoms with Gasteiger partial charge in [-0.05, 0) is 18.8 Å². The fourth-order valence-corrected chi connectivity index (χ4v) is 1.67. The highest BCUT2D eigenvalue weighted by atomic mass is 16.3. The lowest BCUT2D eigenvalue weighted by Crippen LogP contribution is -2.17. The molecule has 90 valence electrons. The number of rotatable bonds is 7. The molecular weight excluding hydrogens is 206 g/mol. The highest BCUT2D eigenvalue weighted by Crippen LogP contribution is 2.11. The van der Waals surface area contributed by atoms with E-state index < -0.39 is 0 Å². The van der Waals surface area contributed by atoms with Gasteiger partial charge in [-0.3, -0.25) is 4.79 Å². The lowest BCUT2D eigenvalue weighted by molar-refractivity contribution is 0.255. The zero-order valence-corrected chi connectivity index (χ0v) is 9.57. The Kier molecular flexibility index (Phi) is 5.56. The van der Waals surface area contributed by atoms with Gasteiger partial charge in [0.15, 0.2) is 0 Å². The van der Waals surface area contributed by atoms with E-state index in [1.807, 2.05) is 0 Å². The van der Waals surface area contributed by atoms with Crippen molar-refractivity contribution in [3.05, 3.63) is 22.6 Å². The quantitative estimate of drug-likeness (QED) is 0.646. The lowest BCUT2D eigenvalue weighted by atomic mass is 10.0. The molecule has 5 nitrogen and oxygen atoms in total. The third-order valence-corrected chi connectivity index (χ3v) is 2.49. The number of aromatic amines is 1. The smallest absolute Gasteiger partial charge is 0.266 e. The van der Waals surface area contributed by atoms with E-state index in [9.17, 15) is 4.79 Å². The molecule has 1 heterocycles. The molecule has 5 heteroatoms. The normalized spacial score (nSPS) is 12.4. The van der Waals surface area contributed by atoms with Gasteiger partial charge in [-0.15, -0.1) is 0 Å². The van der Waals surface area contributed by atoms with E-state index in [0.717, 1.165) is 31.5 Å². The molecule has 1 rings (SSSR count). The zero-order valence-electron chi connectivity index (χ0n) is 9.57. The minimum atomic E-state index is -0.209. The van der Waals surface area contributed by atoms with E-state index in [0.29, 0.717) is 5.92 Å². The molecule has 1 aromatic heterocycles. The van der Waals surface area contributed by atoms with Crippen molar-refractivity contribution >= 4 is 5.69 Å². The number of aliphatic hydroxyl groups is 1. The van der Waals surface area contributed by atoms with Crippen molar-refractivity contribution in [2.75, 3.05) is 18.5 Å². The van der Waals surface area contributed by atoms with Crippen LogP contribution >= 0.6 is 0 Å². The van der Waals surface area contributed by atoms with Gasteiger partial charge in [0.1, 0.15) is 0 Å². The maximum Gasteiger partial charge on any atom is 0.266 e. The summed E-state index contributed by atoms with van der Waals surface area (Å²) in [6, 6.07) is 1.48. The van der Waals surface area contributed by atoms with Crippen LogP contribution in [0.3, 0.4) is 0 Å². The van der Waals surface area contributed by atoms with Gasteiger partial charge >= 0.3 is 0 Å². The summed E-state index contributed by atoms with van der Waals surface area (Å²) in [5.74, 6) is 0.439. The monoisotopic (exact) mass is 225 g/mol. The van der Waals surface area contributed by atoms with Crippen LogP contribution in [0.4, 0.5) is 5.69 Å². The summed E-state index contributed by atoms with van der Waals surface area (Å²) in [5.41, 5.74) is 0.516. The SMILES string of the molecule is CCCC(CCO)CNc1cn[nH]c(=O)c1. The molecule has 0 amide bonds. The second kappa shape index (κ2) is 7.00. The molecule has 0 spiro atoms. The number of aliphatic hydroxyl groups excluding tert-OH is 1. The molecule has 0 radical (unpaired) electrons. The number of H-pyrrole nitrogens is 1. The second-order valence-corrected chi connectivity index (χ2v) is 3.88. The largest absolute Gasteiger partial charge is 0.396 e. The summed E-state index contributed by atoms with van der Waals surface area (Å²) < 4.78 is 0. The van der Waals surface area contributed by atoms with Gasteiger partial charge in [0.05, 0.1) is 11.9 Å². The Hall–Kier alpha value is -1.36. The topological polar surface area (TPSA) is 78.0 Å². The summed E-state index contributed by atoms with van der Waals surface area (Å²) in [5, 5.41) is 18.1. The molecule has 1 aromatic rings. The van der Waals surface area contributed by atoms with Crippen LogP contribution in [0.2, 0.25) is 0 Å². The molecule has 0 aromatic carbocycles. The summed E-state index contributed by atoms with van der Waals surface area (Å²) in [4.78, 5) is 11.0. The first kappa shape index (κ1) is 12.7. The van der Waals surface area contributed by atoms with E-state index in [1.54, 1.807) is 6.20 Å². The first-order valence-electron chi connectivity index (χ1n) is 5.65. The Morgan fingerprint density at radius 1 is 1.56 bits per heavy atom. The molecule has 16 heavy (non-hydrogen) atoms. The summed E-state index contributed by atoms with van der Waals surface area (Å²) in [6.07, 6.45) is 4.55. The lowest BCUT2D eigenvalue weighted by Gasteiger charge is -2.15. The summed E-state index contributed by atoms with van der Waals surface area (Å²) in [7, 11) is 0. The molecule has 0 saturated carbocycles. The highest BCUT2D eigenvalue weighted by Gasteiger charge is 2.06. The molecule has 0 aliphatic rings. The number of anilines is 1. The van der Waals surface area contributed by atoms with E-state index >= 15 is 0 Å². The molecule has 1 atom stereocenters. The molecular formula is C11H19N3O2. The molecule has 0 aliphatic carbocycles. The third kappa shape index (κ3) is 4.44. The second-order valence-electron chi connectivity index (χ2n) is 3.88. The fourth-order valence-electron chi connectivity index (χ4n) is 1.67. The van der Waals surface area contributed by atoms with Crippen molar-refractivity contribution in [1.82, 2.24) is 10.2 Å². The maximum absolute atomic E-state index is 11.0.